The van der Waals surface area contributed by atoms with Crippen LogP contribution in [0.4, 0.5) is 5.69 Å². The Hall–Kier alpha value is -2.07. The number of nitrogens with two attached hydrogens (primary N) is 1. The second-order valence-electron chi connectivity index (χ2n) is 5.69. The van der Waals surface area contributed by atoms with Crippen LogP contribution in [0.25, 0.3) is 0 Å². The minimum Gasteiger partial charge on any atom is -0.467 e. The van der Waals surface area contributed by atoms with Crippen LogP contribution in [-0.2, 0) is 12.0 Å². The van der Waals surface area contributed by atoms with Crippen molar-refractivity contribution in [1.82, 2.24) is 0 Å². The van der Waals surface area contributed by atoms with Crippen molar-refractivity contribution in [2.24, 2.45) is 5.73 Å². The van der Waals surface area contributed by atoms with E-state index in [0.717, 1.165) is 12.2 Å². The van der Waals surface area contributed by atoms with Gasteiger partial charge in [-0.1, -0.05) is 18.2 Å². The van der Waals surface area contributed by atoms with Crippen LogP contribution >= 0.6 is 0 Å². The zero-order valence-corrected chi connectivity index (χ0v) is 11.1. The number of rotatable bonds is 2. The highest BCUT2D eigenvalue weighted by Gasteiger charge is 2.52. The first-order chi connectivity index (χ1) is 9.73. The number of carbonyl (C=O) groups excluding carboxylic acids is 1. The predicted octanol–water partition coefficient (Wildman–Crippen LogP) is 2.43. The summed E-state index contributed by atoms with van der Waals surface area (Å²) in [6.45, 7) is 1.10. The molecule has 1 spiro atoms. The Labute approximate surface area is 117 Å². The van der Waals surface area contributed by atoms with Crippen LogP contribution in [0.1, 0.15) is 34.5 Å². The Bertz CT molecular complexity index is 685. The van der Waals surface area contributed by atoms with Crippen LogP contribution in [0.5, 0.6) is 0 Å². The number of fused-ring (bicyclic) bond motifs is 2. The molecular formula is C16H16N2O2. The Morgan fingerprint density at radius 3 is 2.85 bits per heavy atom. The van der Waals surface area contributed by atoms with E-state index in [4.69, 9.17) is 10.2 Å². The van der Waals surface area contributed by atoms with Crippen molar-refractivity contribution in [1.29, 1.82) is 0 Å². The lowest BCUT2D eigenvalue weighted by molar-refractivity contribution is 0.0987. The molecule has 4 rings (SSSR count). The molecule has 4 heteroatoms. The van der Waals surface area contributed by atoms with Crippen LogP contribution in [0.2, 0.25) is 0 Å². The third-order valence-corrected chi connectivity index (χ3v) is 4.43. The molecule has 2 aromatic rings. The van der Waals surface area contributed by atoms with Gasteiger partial charge in [-0.15, -0.1) is 0 Å². The summed E-state index contributed by atoms with van der Waals surface area (Å²) >= 11 is 0. The van der Waals surface area contributed by atoms with Crippen LogP contribution in [-0.4, -0.2) is 12.5 Å². The fourth-order valence-corrected chi connectivity index (χ4v) is 3.15. The number of amides is 1. The van der Waals surface area contributed by atoms with Crippen molar-refractivity contribution in [3.8, 4) is 0 Å². The number of anilines is 1. The van der Waals surface area contributed by atoms with E-state index in [2.05, 4.69) is 12.1 Å². The van der Waals surface area contributed by atoms with Crippen LogP contribution < -0.4 is 10.6 Å². The van der Waals surface area contributed by atoms with Gasteiger partial charge < -0.3 is 15.1 Å². The van der Waals surface area contributed by atoms with E-state index in [-0.39, 0.29) is 11.3 Å². The topological polar surface area (TPSA) is 59.5 Å². The third-order valence-electron chi connectivity index (χ3n) is 4.43. The summed E-state index contributed by atoms with van der Waals surface area (Å²) in [5, 5.41) is 0. The summed E-state index contributed by atoms with van der Waals surface area (Å²) in [5.74, 6) is 0.645. The quantitative estimate of drug-likeness (QED) is 0.910. The van der Waals surface area contributed by atoms with Gasteiger partial charge >= 0.3 is 0 Å². The van der Waals surface area contributed by atoms with E-state index in [9.17, 15) is 4.79 Å². The average Bonchev–Trinajstić information content (AvgIpc) is 2.98. The smallest absolute Gasteiger partial charge is 0.261 e. The molecule has 0 saturated heterocycles. The molecule has 1 amide bonds. The minimum absolute atomic E-state index is 0.00433. The highest BCUT2D eigenvalue weighted by molar-refractivity contribution is 6.07. The summed E-state index contributed by atoms with van der Waals surface area (Å²) in [7, 11) is 0. The molecule has 0 radical (unpaired) electrons. The molecule has 2 heterocycles. The van der Waals surface area contributed by atoms with Gasteiger partial charge in [0.25, 0.3) is 5.91 Å². The van der Waals surface area contributed by atoms with Gasteiger partial charge in [0.2, 0.25) is 0 Å². The number of carbonyl (C=O) groups is 1. The molecule has 20 heavy (non-hydrogen) atoms. The zero-order valence-electron chi connectivity index (χ0n) is 11.1. The number of benzene rings is 1. The van der Waals surface area contributed by atoms with Crippen molar-refractivity contribution in [3.05, 3.63) is 53.5 Å². The SMILES string of the molecule is NCc1cc(C(=O)N2CC3(CC3)c3ccccc32)co1. The van der Waals surface area contributed by atoms with E-state index >= 15 is 0 Å². The fourth-order valence-electron chi connectivity index (χ4n) is 3.15. The summed E-state index contributed by atoms with van der Waals surface area (Å²) in [4.78, 5) is 14.6. The Morgan fingerprint density at radius 1 is 1.35 bits per heavy atom. The van der Waals surface area contributed by atoms with Gasteiger partial charge in [-0.3, -0.25) is 4.79 Å². The molecule has 1 saturated carbocycles. The molecule has 1 fully saturated rings. The summed E-state index contributed by atoms with van der Waals surface area (Å²) < 4.78 is 5.28. The second kappa shape index (κ2) is 3.96. The molecule has 1 aromatic heterocycles. The van der Waals surface area contributed by atoms with Crippen molar-refractivity contribution in [2.45, 2.75) is 24.8 Å². The average molecular weight is 268 g/mol. The maximum absolute atomic E-state index is 12.7. The summed E-state index contributed by atoms with van der Waals surface area (Å²) in [5.41, 5.74) is 8.69. The molecule has 1 aliphatic heterocycles. The molecule has 1 aliphatic carbocycles. The maximum atomic E-state index is 12.7. The molecular weight excluding hydrogens is 252 g/mol. The predicted molar refractivity (Wildman–Crippen MR) is 75.6 cm³/mol. The van der Waals surface area contributed by atoms with Crippen LogP contribution in [0, 0.1) is 0 Å². The van der Waals surface area contributed by atoms with Crippen LogP contribution in [0.3, 0.4) is 0 Å². The van der Waals surface area contributed by atoms with Crippen molar-refractivity contribution in [2.75, 3.05) is 11.4 Å². The Balaban J connectivity index is 1.71. The molecule has 4 nitrogen and oxygen atoms in total. The fraction of sp³-hybridized carbons (Fsp3) is 0.312. The number of hydrogen-bond donors (Lipinski definition) is 1. The van der Waals surface area contributed by atoms with Gasteiger partial charge in [-0.05, 0) is 30.5 Å². The number of hydrogen-bond acceptors (Lipinski definition) is 3. The van der Waals surface area contributed by atoms with Gasteiger partial charge in [-0.25, -0.2) is 0 Å². The summed E-state index contributed by atoms with van der Waals surface area (Å²) in [6.07, 6.45) is 3.85. The minimum atomic E-state index is 0.00433. The Morgan fingerprint density at radius 2 is 2.15 bits per heavy atom. The summed E-state index contributed by atoms with van der Waals surface area (Å²) in [6, 6.07) is 9.96. The molecule has 2 N–H and O–H groups in total. The normalized spacial score (nSPS) is 18.4. The Kier molecular flexibility index (Phi) is 2.32. The first-order valence-electron chi connectivity index (χ1n) is 6.92. The van der Waals surface area contributed by atoms with E-state index in [0.29, 0.717) is 17.9 Å². The molecule has 0 bridgehead atoms. The van der Waals surface area contributed by atoms with Crippen molar-refractivity contribution in [3.63, 3.8) is 0 Å². The zero-order chi connectivity index (χ0) is 13.7. The molecule has 0 unspecified atom stereocenters. The molecule has 2 aliphatic rings. The highest BCUT2D eigenvalue weighted by atomic mass is 16.3. The first kappa shape index (κ1) is 11.7. The van der Waals surface area contributed by atoms with Gasteiger partial charge in [0.15, 0.2) is 0 Å². The lowest BCUT2D eigenvalue weighted by Gasteiger charge is -2.16. The number of nitrogens with zero attached hydrogens (tertiary/aromatic N) is 1. The van der Waals surface area contributed by atoms with E-state index in [1.807, 2.05) is 17.0 Å². The van der Waals surface area contributed by atoms with E-state index in [1.165, 1.54) is 24.7 Å². The van der Waals surface area contributed by atoms with Gasteiger partial charge in [0, 0.05) is 17.6 Å². The van der Waals surface area contributed by atoms with Crippen LogP contribution in [0.15, 0.2) is 41.0 Å². The van der Waals surface area contributed by atoms with Gasteiger partial charge in [0.05, 0.1) is 12.1 Å². The molecule has 1 aromatic carbocycles. The van der Waals surface area contributed by atoms with Gasteiger partial charge in [0.1, 0.15) is 12.0 Å². The second-order valence-corrected chi connectivity index (χ2v) is 5.69. The maximum Gasteiger partial charge on any atom is 0.261 e. The standard InChI is InChI=1S/C16H16N2O2/c17-8-12-7-11(9-20-12)15(19)18-10-16(5-6-16)13-3-1-2-4-14(13)18/h1-4,7,9H,5-6,8,10,17H2. The first-order valence-corrected chi connectivity index (χ1v) is 6.92. The molecule has 102 valence electrons. The largest absolute Gasteiger partial charge is 0.467 e. The van der Waals surface area contributed by atoms with Crippen molar-refractivity contribution < 1.29 is 9.21 Å². The van der Waals surface area contributed by atoms with Gasteiger partial charge in [-0.2, -0.15) is 0 Å². The number of para-hydroxylation sites is 1. The number of furan rings is 1. The third kappa shape index (κ3) is 1.55. The highest BCUT2D eigenvalue weighted by Crippen LogP contribution is 2.56. The monoisotopic (exact) mass is 268 g/mol. The van der Waals surface area contributed by atoms with E-state index in [1.54, 1.807) is 6.07 Å². The lowest BCUT2D eigenvalue weighted by Crippen LogP contribution is -2.31. The van der Waals surface area contributed by atoms with Crippen molar-refractivity contribution >= 4 is 11.6 Å². The van der Waals surface area contributed by atoms with E-state index < -0.39 is 0 Å². The lowest BCUT2D eigenvalue weighted by atomic mass is 9.99. The molecule has 0 atom stereocenters.